The van der Waals surface area contributed by atoms with Gasteiger partial charge in [0.2, 0.25) is 0 Å². The summed E-state index contributed by atoms with van der Waals surface area (Å²) >= 11 is 0. The molecule has 0 aliphatic heterocycles. The third kappa shape index (κ3) is 4.61. The van der Waals surface area contributed by atoms with Gasteiger partial charge in [0, 0.05) is 18.3 Å². The maximum atomic E-state index is 13.5. The molecule has 8 nitrogen and oxygen atoms in total. The maximum absolute atomic E-state index is 13.5. The second-order valence-electron chi connectivity index (χ2n) is 8.15. The summed E-state index contributed by atoms with van der Waals surface area (Å²) < 4.78 is 7.61. The van der Waals surface area contributed by atoms with Gasteiger partial charge in [-0.1, -0.05) is 56.3 Å². The summed E-state index contributed by atoms with van der Waals surface area (Å²) in [7, 11) is 0. The van der Waals surface area contributed by atoms with Gasteiger partial charge in [-0.05, 0) is 36.1 Å². The highest BCUT2D eigenvalue weighted by atomic mass is 16.5. The number of hydrogen-bond donors (Lipinski definition) is 1. The molecule has 2 heterocycles. The number of carbonyl (C=O) groups is 2. The summed E-state index contributed by atoms with van der Waals surface area (Å²) in [5, 5.41) is 7.04. The minimum atomic E-state index is -0.631. The average Bonchev–Trinajstić information content (AvgIpc) is 3.28. The molecule has 4 aromatic rings. The molecule has 0 atom stereocenters. The minimum Gasteiger partial charge on any atom is -0.461 e. The number of nitrogens with one attached hydrogen (secondary N) is 1. The van der Waals surface area contributed by atoms with Crippen LogP contribution in [0.25, 0.3) is 11.2 Å². The van der Waals surface area contributed by atoms with Gasteiger partial charge in [0.25, 0.3) is 11.5 Å². The van der Waals surface area contributed by atoms with Gasteiger partial charge in [-0.25, -0.2) is 9.31 Å². The van der Waals surface area contributed by atoms with Gasteiger partial charge in [0.1, 0.15) is 11.2 Å². The summed E-state index contributed by atoms with van der Waals surface area (Å²) in [6.07, 6.45) is 1.45. The Balaban J connectivity index is 1.82. The molecule has 0 unspecified atom stereocenters. The van der Waals surface area contributed by atoms with Crippen molar-refractivity contribution in [3.63, 3.8) is 0 Å². The van der Waals surface area contributed by atoms with Gasteiger partial charge in [-0.2, -0.15) is 5.10 Å². The van der Waals surface area contributed by atoms with Gasteiger partial charge >= 0.3 is 5.97 Å². The summed E-state index contributed by atoms with van der Waals surface area (Å²) in [5.41, 5.74) is 2.38. The fourth-order valence-electron chi connectivity index (χ4n) is 3.65. The summed E-state index contributed by atoms with van der Waals surface area (Å²) in [5.74, 6) is -0.749. The van der Waals surface area contributed by atoms with Crippen LogP contribution in [-0.2, 0) is 11.3 Å². The number of ether oxygens (including phenoxy) is 1. The predicted octanol–water partition coefficient (Wildman–Crippen LogP) is 3.72. The van der Waals surface area contributed by atoms with Gasteiger partial charge < -0.3 is 10.1 Å². The Labute approximate surface area is 196 Å². The third-order valence-corrected chi connectivity index (χ3v) is 5.47. The van der Waals surface area contributed by atoms with E-state index in [0.29, 0.717) is 18.2 Å². The number of nitrogens with zero attached hydrogens (tertiary/aromatic N) is 3. The highest BCUT2D eigenvalue weighted by molar-refractivity contribution is 5.93. The Kier molecular flexibility index (Phi) is 6.58. The number of fused-ring (bicyclic) bond motifs is 1. The molecular weight excluding hydrogens is 432 g/mol. The first-order valence-electron chi connectivity index (χ1n) is 11.1. The van der Waals surface area contributed by atoms with Crippen molar-refractivity contribution >= 4 is 17.4 Å². The highest BCUT2D eigenvalue weighted by Crippen LogP contribution is 2.18. The maximum Gasteiger partial charge on any atom is 0.358 e. The van der Waals surface area contributed by atoms with Crippen molar-refractivity contribution in [3.05, 3.63) is 99.7 Å². The molecule has 1 amide bonds. The summed E-state index contributed by atoms with van der Waals surface area (Å²) in [6.45, 7) is 6.34. The second kappa shape index (κ2) is 9.74. The summed E-state index contributed by atoms with van der Waals surface area (Å²) in [4.78, 5) is 38.9. The molecular formula is C26H26N4O4. The van der Waals surface area contributed by atoms with Crippen LogP contribution in [0.1, 0.15) is 58.8 Å². The van der Waals surface area contributed by atoms with E-state index in [-0.39, 0.29) is 23.5 Å². The standard InChI is InChI=1S/C26H26N4O4/c1-4-34-26(33)21-14-22-25(32)30(20-12-10-19(11-13-20)17(2)3)23(16-29(22)28-21)24(31)27-15-18-8-6-5-7-9-18/h5-14,16-17H,4,15H2,1-3H3,(H,27,31). The Bertz CT molecular complexity index is 1390. The second-order valence-corrected chi connectivity index (χ2v) is 8.15. The smallest absolute Gasteiger partial charge is 0.358 e. The molecule has 174 valence electrons. The first-order chi connectivity index (χ1) is 16.4. The van der Waals surface area contributed by atoms with Crippen molar-refractivity contribution in [1.29, 1.82) is 0 Å². The van der Waals surface area contributed by atoms with Crippen LogP contribution in [0.5, 0.6) is 0 Å². The zero-order chi connectivity index (χ0) is 24.2. The molecule has 2 aromatic carbocycles. The molecule has 0 bridgehead atoms. The number of esters is 1. The van der Waals surface area contributed by atoms with E-state index in [1.54, 1.807) is 6.92 Å². The number of rotatable bonds is 7. The SMILES string of the molecule is CCOC(=O)c1cc2c(=O)n(-c3ccc(C(C)C)cc3)c(C(=O)NCc3ccccc3)cn2n1. The predicted molar refractivity (Wildman–Crippen MR) is 128 cm³/mol. The fraction of sp³-hybridized carbons (Fsp3) is 0.231. The van der Waals surface area contributed by atoms with E-state index in [9.17, 15) is 14.4 Å². The summed E-state index contributed by atoms with van der Waals surface area (Å²) in [6, 6.07) is 18.3. The van der Waals surface area contributed by atoms with Crippen LogP contribution in [0, 0.1) is 0 Å². The molecule has 0 saturated heterocycles. The van der Waals surface area contributed by atoms with Crippen molar-refractivity contribution in [2.24, 2.45) is 0 Å². The lowest BCUT2D eigenvalue weighted by Crippen LogP contribution is -2.32. The molecule has 0 spiro atoms. The van der Waals surface area contributed by atoms with Crippen molar-refractivity contribution in [1.82, 2.24) is 19.5 Å². The Hall–Kier alpha value is -4.20. The fourth-order valence-corrected chi connectivity index (χ4v) is 3.65. The first kappa shape index (κ1) is 23.0. The molecule has 4 rings (SSSR count). The van der Waals surface area contributed by atoms with Crippen LogP contribution in [-0.4, -0.2) is 32.7 Å². The number of carbonyl (C=O) groups excluding carboxylic acids is 2. The molecule has 1 N–H and O–H groups in total. The topological polar surface area (TPSA) is 94.7 Å². The van der Waals surface area contributed by atoms with E-state index in [1.807, 2.05) is 54.6 Å². The number of amides is 1. The zero-order valence-corrected chi connectivity index (χ0v) is 19.3. The monoisotopic (exact) mass is 458 g/mol. The van der Waals surface area contributed by atoms with Crippen LogP contribution in [0.4, 0.5) is 0 Å². The molecule has 0 aliphatic carbocycles. The van der Waals surface area contributed by atoms with Crippen LogP contribution < -0.4 is 10.9 Å². The lowest BCUT2D eigenvalue weighted by atomic mass is 10.0. The molecule has 0 fully saturated rings. The normalized spacial score (nSPS) is 11.1. The Morgan fingerprint density at radius 1 is 1.06 bits per heavy atom. The van der Waals surface area contributed by atoms with E-state index < -0.39 is 17.4 Å². The van der Waals surface area contributed by atoms with Crippen LogP contribution in [0.3, 0.4) is 0 Å². The third-order valence-electron chi connectivity index (χ3n) is 5.47. The quantitative estimate of drug-likeness (QED) is 0.426. The van der Waals surface area contributed by atoms with E-state index in [2.05, 4.69) is 24.3 Å². The molecule has 2 aromatic heterocycles. The van der Waals surface area contributed by atoms with E-state index in [1.165, 1.54) is 21.3 Å². The van der Waals surface area contributed by atoms with Gasteiger partial charge in [-0.15, -0.1) is 0 Å². The van der Waals surface area contributed by atoms with Gasteiger partial charge in [0.05, 0.1) is 12.8 Å². The lowest BCUT2D eigenvalue weighted by molar-refractivity contribution is 0.0519. The van der Waals surface area contributed by atoms with Crippen molar-refractivity contribution < 1.29 is 14.3 Å². The van der Waals surface area contributed by atoms with E-state index >= 15 is 0 Å². The van der Waals surface area contributed by atoms with Crippen LogP contribution in [0.15, 0.2) is 71.7 Å². The van der Waals surface area contributed by atoms with Crippen LogP contribution >= 0.6 is 0 Å². The van der Waals surface area contributed by atoms with Crippen LogP contribution in [0.2, 0.25) is 0 Å². The molecule has 0 aliphatic rings. The average molecular weight is 459 g/mol. The van der Waals surface area contributed by atoms with E-state index in [0.717, 1.165) is 11.1 Å². The number of benzene rings is 2. The van der Waals surface area contributed by atoms with E-state index in [4.69, 9.17) is 4.74 Å². The molecule has 8 heteroatoms. The first-order valence-corrected chi connectivity index (χ1v) is 11.1. The Morgan fingerprint density at radius 2 is 1.76 bits per heavy atom. The lowest BCUT2D eigenvalue weighted by Gasteiger charge is -2.15. The largest absolute Gasteiger partial charge is 0.461 e. The van der Waals surface area contributed by atoms with Crippen molar-refractivity contribution in [2.75, 3.05) is 6.61 Å². The molecule has 34 heavy (non-hydrogen) atoms. The van der Waals surface area contributed by atoms with Crippen molar-refractivity contribution in [2.45, 2.75) is 33.2 Å². The zero-order valence-electron chi connectivity index (χ0n) is 19.3. The van der Waals surface area contributed by atoms with Gasteiger partial charge in [0.15, 0.2) is 5.69 Å². The molecule has 0 radical (unpaired) electrons. The Morgan fingerprint density at radius 3 is 2.41 bits per heavy atom. The van der Waals surface area contributed by atoms with Crippen molar-refractivity contribution in [3.8, 4) is 5.69 Å². The molecule has 0 saturated carbocycles. The van der Waals surface area contributed by atoms with Gasteiger partial charge in [-0.3, -0.25) is 14.2 Å². The number of aromatic nitrogens is 3. The highest BCUT2D eigenvalue weighted by Gasteiger charge is 2.21. The minimum absolute atomic E-state index is 0.00231. The number of hydrogen-bond acceptors (Lipinski definition) is 5.